The van der Waals surface area contributed by atoms with E-state index in [1.165, 1.54) is 0 Å². The van der Waals surface area contributed by atoms with Crippen LogP contribution in [-0.4, -0.2) is 4.40 Å². The van der Waals surface area contributed by atoms with Crippen molar-refractivity contribution < 1.29 is 0 Å². The van der Waals surface area contributed by atoms with Crippen LogP contribution in [-0.2, 0) is 0 Å². The van der Waals surface area contributed by atoms with Gasteiger partial charge < -0.3 is 4.40 Å². The van der Waals surface area contributed by atoms with Crippen molar-refractivity contribution in [1.29, 1.82) is 5.26 Å². The minimum absolute atomic E-state index is 0.575. The lowest BCUT2D eigenvalue weighted by atomic mass is 10.0. The van der Waals surface area contributed by atoms with Crippen LogP contribution in [0.3, 0.4) is 0 Å². The lowest BCUT2D eigenvalue weighted by Crippen LogP contribution is -1.91. The molecule has 0 aliphatic carbocycles. The van der Waals surface area contributed by atoms with E-state index in [-0.39, 0.29) is 0 Å². The maximum atomic E-state index is 9.41. The number of halogens is 4. The molecule has 2 heterocycles. The van der Waals surface area contributed by atoms with E-state index in [0.717, 1.165) is 36.8 Å². The van der Waals surface area contributed by atoms with Crippen LogP contribution in [0.5, 0.6) is 0 Å². The highest BCUT2D eigenvalue weighted by Crippen LogP contribution is 2.43. The van der Waals surface area contributed by atoms with Gasteiger partial charge in [0, 0.05) is 21.8 Å². The van der Waals surface area contributed by atoms with Gasteiger partial charge in [0.25, 0.3) is 0 Å². The Kier molecular flexibility index (Phi) is 5.05. The van der Waals surface area contributed by atoms with Gasteiger partial charge in [-0.2, -0.15) is 5.26 Å². The molecular formula is C21H10Br2Cl2N2. The molecule has 0 fully saturated rings. The Morgan fingerprint density at radius 1 is 0.852 bits per heavy atom. The van der Waals surface area contributed by atoms with Crippen molar-refractivity contribution in [2.24, 2.45) is 0 Å². The fourth-order valence-corrected chi connectivity index (χ4v) is 4.47. The monoisotopic (exact) mass is 518 g/mol. The van der Waals surface area contributed by atoms with Crippen LogP contribution in [0.15, 0.2) is 69.7 Å². The fraction of sp³-hybridized carbons (Fsp3) is 0. The molecule has 0 unspecified atom stereocenters. The van der Waals surface area contributed by atoms with Gasteiger partial charge in [-0.3, -0.25) is 0 Å². The molecule has 2 nitrogen and oxygen atoms in total. The molecule has 132 valence electrons. The van der Waals surface area contributed by atoms with Crippen LogP contribution in [0.4, 0.5) is 0 Å². The zero-order valence-electron chi connectivity index (χ0n) is 13.7. The van der Waals surface area contributed by atoms with Gasteiger partial charge in [0.2, 0.25) is 0 Å². The lowest BCUT2D eigenvalue weighted by molar-refractivity contribution is 1.18. The molecular weight excluding hydrogens is 511 g/mol. The Bertz CT molecular complexity index is 1200. The first-order valence-corrected chi connectivity index (χ1v) is 10.3. The third-order valence-corrected chi connectivity index (χ3v) is 6.27. The van der Waals surface area contributed by atoms with Crippen molar-refractivity contribution in [2.75, 3.05) is 0 Å². The highest BCUT2D eigenvalue weighted by Gasteiger charge is 2.21. The van der Waals surface area contributed by atoms with Gasteiger partial charge in [0.15, 0.2) is 0 Å². The molecule has 0 radical (unpaired) electrons. The summed E-state index contributed by atoms with van der Waals surface area (Å²) in [5, 5.41) is 10.8. The van der Waals surface area contributed by atoms with Crippen LogP contribution in [0.1, 0.15) is 5.56 Å². The highest BCUT2D eigenvalue weighted by molar-refractivity contribution is 9.11. The first-order valence-electron chi connectivity index (χ1n) is 7.94. The topological polar surface area (TPSA) is 28.2 Å². The molecule has 0 spiro atoms. The first kappa shape index (κ1) is 18.6. The van der Waals surface area contributed by atoms with E-state index in [0.29, 0.717) is 15.6 Å². The Labute approximate surface area is 183 Å². The number of hydrogen-bond donors (Lipinski definition) is 0. The maximum absolute atomic E-state index is 9.41. The SMILES string of the molecule is N#Cc1cc2c(Br)c(-c3ccc(Cl)cc3)c(-c3ccc(Cl)cc3)n2cc1Br. The van der Waals surface area contributed by atoms with Crippen LogP contribution in [0.25, 0.3) is 27.9 Å². The van der Waals surface area contributed by atoms with Crippen LogP contribution in [0, 0.1) is 11.3 Å². The second-order valence-corrected chi connectivity index (χ2v) is 8.47. The number of hydrogen-bond acceptors (Lipinski definition) is 1. The number of nitrogens with zero attached hydrogens (tertiary/aromatic N) is 2. The molecule has 0 N–H and O–H groups in total. The standard InChI is InChI=1S/C21H10Br2Cl2N2/c22-17-11-27-18(9-14(17)10-26)20(23)19(12-1-5-15(24)6-2-12)21(27)13-3-7-16(25)8-4-13/h1-9,11H. The summed E-state index contributed by atoms with van der Waals surface area (Å²) in [4.78, 5) is 0. The molecule has 0 amide bonds. The summed E-state index contributed by atoms with van der Waals surface area (Å²) < 4.78 is 3.72. The van der Waals surface area contributed by atoms with Crippen molar-refractivity contribution in [2.45, 2.75) is 0 Å². The minimum Gasteiger partial charge on any atom is -0.314 e. The molecule has 27 heavy (non-hydrogen) atoms. The molecule has 0 aliphatic rings. The smallest absolute Gasteiger partial charge is 0.100 e. The molecule has 6 heteroatoms. The second-order valence-electron chi connectivity index (χ2n) is 5.95. The normalized spacial score (nSPS) is 10.9. The molecule has 4 aromatic rings. The Morgan fingerprint density at radius 2 is 1.41 bits per heavy atom. The summed E-state index contributed by atoms with van der Waals surface area (Å²) in [5.74, 6) is 0. The molecule has 4 rings (SSSR count). The van der Waals surface area contributed by atoms with E-state index in [4.69, 9.17) is 23.2 Å². The maximum Gasteiger partial charge on any atom is 0.100 e. The van der Waals surface area contributed by atoms with Crippen molar-refractivity contribution in [3.63, 3.8) is 0 Å². The number of aromatic nitrogens is 1. The number of benzene rings is 2. The molecule has 0 saturated carbocycles. The lowest BCUT2D eigenvalue weighted by Gasteiger charge is -2.09. The predicted molar refractivity (Wildman–Crippen MR) is 118 cm³/mol. The van der Waals surface area contributed by atoms with Crippen molar-refractivity contribution in [3.8, 4) is 28.5 Å². The summed E-state index contributed by atoms with van der Waals surface area (Å²) in [6.45, 7) is 0. The molecule has 0 saturated heterocycles. The average Bonchev–Trinajstić information content (AvgIpc) is 2.94. The van der Waals surface area contributed by atoms with Crippen LogP contribution in [0.2, 0.25) is 10.0 Å². The molecule has 2 aromatic heterocycles. The van der Waals surface area contributed by atoms with Crippen LogP contribution < -0.4 is 0 Å². The Morgan fingerprint density at radius 3 is 1.96 bits per heavy atom. The van der Waals surface area contributed by atoms with E-state index >= 15 is 0 Å². The van der Waals surface area contributed by atoms with Gasteiger partial charge >= 0.3 is 0 Å². The number of nitriles is 1. The summed E-state index contributed by atoms with van der Waals surface area (Å²) in [6.07, 6.45) is 1.92. The summed E-state index contributed by atoms with van der Waals surface area (Å²) in [6, 6.07) is 19.5. The first-order chi connectivity index (χ1) is 13.0. The van der Waals surface area contributed by atoms with Crippen LogP contribution >= 0.6 is 55.1 Å². The third-order valence-electron chi connectivity index (χ3n) is 4.33. The largest absolute Gasteiger partial charge is 0.314 e. The van der Waals surface area contributed by atoms with Crippen molar-refractivity contribution in [1.82, 2.24) is 4.40 Å². The zero-order valence-corrected chi connectivity index (χ0v) is 18.4. The number of rotatable bonds is 2. The molecule has 0 aliphatic heterocycles. The van der Waals surface area contributed by atoms with Crippen molar-refractivity contribution in [3.05, 3.63) is 85.3 Å². The number of fused-ring (bicyclic) bond motifs is 1. The Hall–Kier alpha value is -1.77. The number of pyridine rings is 1. The average molecular weight is 521 g/mol. The van der Waals surface area contributed by atoms with E-state index in [1.54, 1.807) is 0 Å². The van der Waals surface area contributed by atoms with Gasteiger partial charge in [-0.15, -0.1) is 0 Å². The minimum atomic E-state index is 0.575. The van der Waals surface area contributed by atoms with E-state index in [2.05, 4.69) is 42.3 Å². The zero-order chi connectivity index (χ0) is 19.1. The predicted octanol–water partition coefficient (Wildman–Crippen LogP) is 7.98. The Balaban J connectivity index is 2.13. The second kappa shape index (κ2) is 7.33. The summed E-state index contributed by atoms with van der Waals surface area (Å²) >= 11 is 19.4. The molecule has 2 aromatic carbocycles. The highest BCUT2D eigenvalue weighted by atomic mass is 79.9. The van der Waals surface area contributed by atoms with Gasteiger partial charge in [-0.25, -0.2) is 0 Å². The molecule has 0 bridgehead atoms. The van der Waals surface area contributed by atoms with Gasteiger partial charge in [0.05, 0.1) is 25.7 Å². The molecule has 0 atom stereocenters. The van der Waals surface area contributed by atoms with E-state index in [9.17, 15) is 5.26 Å². The van der Waals surface area contributed by atoms with Gasteiger partial charge in [0.1, 0.15) is 6.07 Å². The van der Waals surface area contributed by atoms with Gasteiger partial charge in [-0.1, -0.05) is 47.5 Å². The fourth-order valence-electron chi connectivity index (χ4n) is 3.09. The van der Waals surface area contributed by atoms with Crippen molar-refractivity contribution >= 4 is 60.6 Å². The summed E-state index contributed by atoms with van der Waals surface area (Å²) in [7, 11) is 0. The van der Waals surface area contributed by atoms with E-state index < -0.39 is 0 Å². The van der Waals surface area contributed by atoms with Gasteiger partial charge in [-0.05, 0) is 73.3 Å². The summed E-state index contributed by atoms with van der Waals surface area (Å²) in [5.41, 5.74) is 5.55. The quantitative estimate of drug-likeness (QED) is 0.263. The van der Waals surface area contributed by atoms with E-state index in [1.807, 2.05) is 60.8 Å². The third kappa shape index (κ3) is 3.30.